The monoisotopic (exact) mass is 537 g/mol. The average molecular weight is 538 g/mol. The smallest absolute Gasteiger partial charge is 0.300 e. The minimum Gasteiger partial charge on any atom is -0.481 e. The van der Waals surface area contributed by atoms with Gasteiger partial charge in [0.15, 0.2) is 0 Å². The molecule has 1 amide bonds. The largest absolute Gasteiger partial charge is 0.481 e. The number of hydrogen-bond acceptors (Lipinski definition) is 6. The number of carboxylic acids is 2. The van der Waals surface area contributed by atoms with Crippen molar-refractivity contribution in [1.82, 2.24) is 9.80 Å². The molecule has 10 heteroatoms. The topological polar surface area (TPSA) is 133 Å². The summed E-state index contributed by atoms with van der Waals surface area (Å²) in [6, 6.07) is 5.29. The molecule has 0 aromatic heterocycles. The summed E-state index contributed by atoms with van der Waals surface area (Å²) in [6.45, 7) is 5.05. The number of likely N-dealkylation sites (tertiary alicyclic amines) is 1. The molecule has 1 aliphatic heterocycles. The predicted molar refractivity (Wildman–Crippen MR) is 142 cm³/mol. The Balaban J connectivity index is 0.000000559. The standard InChI is InChI=1S/C24H36FN3O2.2C2H4O2/c1-27(2)22-11-18-13-28(14-19(18)12-23(22)30-15-17-5-6-17)24(29)20-10-16(4-3-9-26)7-8-21(20)25;2*1-2(3)4/h7-8,10,17-19,22-23H,3-6,9,11-15,26H2,1-2H3;2*1H3,(H,3,4)/t18-,19+,22-,23-;;/m1../s1. The molecule has 2 saturated carbocycles. The van der Waals surface area contributed by atoms with Gasteiger partial charge in [0, 0.05) is 39.6 Å². The van der Waals surface area contributed by atoms with E-state index in [0.717, 1.165) is 64.2 Å². The number of amides is 1. The normalized spacial score (nSPS) is 24.0. The maximum Gasteiger partial charge on any atom is 0.300 e. The van der Waals surface area contributed by atoms with E-state index in [9.17, 15) is 9.18 Å². The number of aryl methyl sites for hydroxylation is 1. The van der Waals surface area contributed by atoms with Crippen molar-refractivity contribution in [2.75, 3.05) is 40.3 Å². The van der Waals surface area contributed by atoms with Crippen LogP contribution in [0.2, 0.25) is 0 Å². The Kier molecular flexibility index (Phi) is 12.6. The first kappa shape index (κ1) is 31.7. The van der Waals surface area contributed by atoms with Crippen LogP contribution in [0.1, 0.15) is 61.9 Å². The second-order valence-corrected chi connectivity index (χ2v) is 10.8. The van der Waals surface area contributed by atoms with Gasteiger partial charge in [-0.15, -0.1) is 0 Å². The predicted octanol–water partition coefficient (Wildman–Crippen LogP) is 3.11. The lowest BCUT2D eigenvalue weighted by Crippen LogP contribution is -2.48. The van der Waals surface area contributed by atoms with Gasteiger partial charge in [0.05, 0.1) is 11.7 Å². The molecule has 1 aromatic carbocycles. The fourth-order valence-corrected chi connectivity index (χ4v) is 5.19. The van der Waals surface area contributed by atoms with Crippen molar-refractivity contribution in [3.8, 4) is 0 Å². The maximum atomic E-state index is 14.5. The van der Waals surface area contributed by atoms with Gasteiger partial charge < -0.3 is 30.5 Å². The Morgan fingerprint density at radius 1 is 1.08 bits per heavy atom. The first-order valence-electron chi connectivity index (χ1n) is 13.4. The highest BCUT2D eigenvalue weighted by Crippen LogP contribution is 2.40. The summed E-state index contributed by atoms with van der Waals surface area (Å²) in [5.74, 6) is -0.610. The van der Waals surface area contributed by atoms with E-state index in [1.54, 1.807) is 12.1 Å². The van der Waals surface area contributed by atoms with Crippen LogP contribution in [0.4, 0.5) is 4.39 Å². The van der Waals surface area contributed by atoms with Gasteiger partial charge in [-0.2, -0.15) is 0 Å². The van der Waals surface area contributed by atoms with Gasteiger partial charge in [0.2, 0.25) is 0 Å². The SMILES string of the molecule is CC(=O)O.CC(=O)O.CN(C)[C@@H]1C[C@@H]2CN(C(=O)c3cc(CCCN)ccc3F)C[C@@H]2C[C@H]1OCC1CC1. The lowest BCUT2D eigenvalue weighted by Gasteiger charge is -2.41. The van der Waals surface area contributed by atoms with Gasteiger partial charge >= 0.3 is 0 Å². The number of carbonyl (C=O) groups is 3. The van der Waals surface area contributed by atoms with E-state index in [0.29, 0.717) is 31.0 Å². The van der Waals surface area contributed by atoms with Crippen LogP contribution in [-0.4, -0.2) is 90.3 Å². The second kappa shape index (κ2) is 15.1. The van der Waals surface area contributed by atoms with Crippen molar-refractivity contribution < 1.29 is 33.7 Å². The Bertz CT molecular complexity index is 919. The van der Waals surface area contributed by atoms with Gasteiger partial charge in [0.1, 0.15) is 5.82 Å². The molecule has 0 radical (unpaired) electrons. The molecule has 3 fully saturated rings. The van der Waals surface area contributed by atoms with Crippen LogP contribution in [-0.2, 0) is 20.7 Å². The van der Waals surface area contributed by atoms with Crippen LogP contribution >= 0.6 is 0 Å². The van der Waals surface area contributed by atoms with Crippen LogP contribution in [0.15, 0.2) is 18.2 Å². The van der Waals surface area contributed by atoms with Crippen molar-refractivity contribution in [3.05, 3.63) is 35.1 Å². The molecule has 0 spiro atoms. The van der Waals surface area contributed by atoms with Crippen molar-refractivity contribution in [2.24, 2.45) is 23.5 Å². The summed E-state index contributed by atoms with van der Waals surface area (Å²) in [5, 5.41) is 14.8. The van der Waals surface area contributed by atoms with Crippen molar-refractivity contribution in [3.63, 3.8) is 0 Å². The van der Waals surface area contributed by atoms with Gasteiger partial charge in [-0.3, -0.25) is 14.4 Å². The van der Waals surface area contributed by atoms with E-state index in [1.807, 2.05) is 4.90 Å². The lowest BCUT2D eigenvalue weighted by molar-refractivity contribution is -0.135. The lowest BCUT2D eigenvalue weighted by atomic mass is 9.77. The molecule has 214 valence electrons. The van der Waals surface area contributed by atoms with Crippen molar-refractivity contribution >= 4 is 17.8 Å². The van der Waals surface area contributed by atoms with Crippen molar-refractivity contribution in [2.45, 2.75) is 64.5 Å². The first-order valence-corrected chi connectivity index (χ1v) is 13.4. The van der Waals surface area contributed by atoms with Crippen LogP contribution in [0.3, 0.4) is 0 Å². The Hall–Kier alpha value is -2.56. The third-order valence-corrected chi connectivity index (χ3v) is 7.21. The van der Waals surface area contributed by atoms with Crippen molar-refractivity contribution in [1.29, 1.82) is 0 Å². The molecule has 1 aromatic rings. The first-order chi connectivity index (χ1) is 17.9. The number of likely N-dealkylation sites (N-methyl/N-ethyl adjacent to an activating group) is 1. The van der Waals surface area contributed by atoms with Gasteiger partial charge in [-0.1, -0.05) is 6.07 Å². The van der Waals surface area contributed by atoms with Gasteiger partial charge in [0.25, 0.3) is 17.8 Å². The van der Waals surface area contributed by atoms with Gasteiger partial charge in [-0.05, 0) is 94.6 Å². The highest BCUT2D eigenvalue weighted by Gasteiger charge is 2.45. The fourth-order valence-electron chi connectivity index (χ4n) is 5.19. The highest BCUT2D eigenvalue weighted by atomic mass is 19.1. The molecule has 1 heterocycles. The zero-order valence-corrected chi connectivity index (χ0v) is 23.1. The van der Waals surface area contributed by atoms with Crippen LogP contribution < -0.4 is 5.73 Å². The molecule has 9 nitrogen and oxygen atoms in total. The molecule has 4 rings (SSSR count). The van der Waals surface area contributed by atoms with Crippen LogP contribution in [0, 0.1) is 23.6 Å². The van der Waals surface area contributed by atoms with E-state index in [1.165, 1.54) is 18.9 Å². The maximum absolute atomic E-state index is 14.5. The number of aliphatic carboxylic acids is 2. The van der Waals surface area contributed by atoms with E-state index in [2.05, 4.69) is 19.0 Å². The summed E-state index contributed by atoms with van der Waals surface area (Å²) in [5.41, 5.74) is 6.77. The van der Waals surface area contributed by atoms with Crippen LogP contribution in [0.5, 0.6) is 0 Å². The molecular formula is C28H44FN3O6. The number of nitrogens with two attached hydrogens (primary N) is 1. The molecule has 2 aliphatic carbocycles. The number of carbonyl (C=O) groups excluding carboxylic acids is 1. The van der Waals surface area contributed by atoms with E-state index < -0.39 is 17.8 Å². The second-order valence-electron chi connectivity index (χ2n) is 10.8. The number of nitrogens with zero attached hydrogens (tertiary/aromatic N) is 2. The summed E-state index contributed by atoms with van der Waals surface area (Å²) in [7, 11) is 4.25. The molecular weight excluding hydrogens is 493 g/mol. The number of halogens is 1. The third kappa shape index (κ3) is 10.3. The third-order valence-electron chi connectivity index (χ3n) is 7.21. The Morgan fingerprint density at radius 3 is 2.18 bits per heavy atom. The molecule has 0 bridgehead atoms. The minimum absolute atomic E-state index is 0.173. The summed E-state index contributed by atoms with van der Waals surface area (Å²) < 4.78 is 20.8. The number of carboxylic acid groups (broad SMARTS) is 2. The van der Waals surface area contributed by atoms with Gasteiger partial charge in [-0.25, -0.2) is 4.39 Å². The quantitative estimate of drug-likeness (QED) is 0.461. The summed E-state index contributed by atoms with van der Waals surface area (Å²) in [6.07, 6.45) is 6.45. The number of rotatable bonds is 8. The van der Waals surface area contributed by atoms with E-state index >= 15 is 0 Å². The fraction of sp³-hybridized carbons (Fsp3) is 0.679. The molecule has 4 N–H and O–H groups in total. The molecule has 3 aliphatic rings. The van der Waals surface area contributed by atoms with Crippen LogP contribution in [0.25, 0.3) is 0 Å². The zero-order chi connectivity index (χ0) is 28.4. The number of fused-ring (bicyclic) bond motifs is 1. The molecule has 38 heavy (non-hydrogen) atoms. The molecule has 4 atom stereocenters. The minimum atomic E-state index is -0.833. The zero-order valence-electron chi connectivity index (χ0n) is 23.1. The summed E-state index contributed by atoms with van der Waals surface area (Å²) >= 11 is 0. The number of ether oxygens (including phenoxy) is 1. The number of hydrogen-bond donors (Lipinski definition) is 3. The Morgan fingerprint density at radius 2 is 1.66 bits per heavy atom. The van der Waals surface area contributed by atoms with E-state index in [4.69, 9.17) is 30.3 Å². The molecule has 0 unspecified atom stereocenters. The average Bonchev–Trinajstić information content (AvgIpc) is 3.57. The molecule has 1 saturated heterocycles. The summed E-state index contributed by atoms with van der Waals surface area (Å²) in [4.78, 5) is 35.3. The highest BCUT2D eigenvalue weighted by molar-refractivity contribution is 5.95. The van der Waals surface area contributed by atoms with E-state index in [-0.39, 0.29) is 17.6 Å². The number of benzene rings is 1. The Labute approximate surface area is 225 Å².